The number of rotatable bonds is 7. The molecule has 0 bridgehead atoms. The van der Waals surface area contributed by atoms with Crippen LogP contribution in [0.25, 0.3) is 0 Å². The van der Waals surface area contributed by atoms with Crippen molar-refractivity contribution >= 4 is 11.7 Å². The first-order chi connectivity index (χ1) is 14.4. The molecule has 30 heavy (non-hydrogen) atoms. The molecule has 6 heteroatoms. The van der Waals surface area contributed by atoms with Gasteiger partial charge in [0.05, 0.1) is 11.6 Å². The molecule has 0 aliphatic carbocycles. The van der Waals surface area contributed by atoms with E-state index in [1.807, 2.05) is 19.0 Å². The second kappa shape index (κ2) is 9.41. The number of ketones is 1. The van der Waals surface area contributed by atoms with Crippen LogP contribution < -0.4 is 5.32 Å². The SMILES string of the molecule is CN(C)C(CNC(=O)c1ccccc1C(=O)c1ccc(F)cc1)c1ccc(F)cc1. The van der Waals surface area contributed by atoms with Crippen molar-refractivity contribution in [3.05, 3.63) is 107 Å². The van der Waals surface area contributed by atoms with E-state index in [1.54, 1.807) is 36.4 Å². The number of halogens is 2. The topological polar surface area (TPSA) is 49.4 Å². The normalized spacial score (nSPS) is 11.9. The van der Waals surface area contributed by atoms with Gasteiger partial charge in [-0.05, 0) is 62.1 Å². The molecule has 0 spiro atoms. The highest BCUT2D eigenvalue weighted by atomic mass is 19.1. The smallest absolute Gasteiger partial charge is 0.252 e. The zero-order chi connectivity index (χ0) is 21.7. The summed E-state index contributed by atoms with van der Waals surface area (Å²) < 4.78 is 26.4. The van der Waals surface area contributed by atoms with Gasteiger partial charge in [-0.1, -0.05) is 30.3 Å². The average Bonchev–Trinajstić information content (AvgIpc) is 2.75. The zero-order valence-corrected chi connectivity index (χ0v) is 16.7. The summed E-state index contributed by atoms with van der Waals surface area (Å²) in [5.74, 6) is -1.51. The number of carbonyl (C=O) groups is 2. The van der Waals surface area contributed by atoms with Gasteiger partial charge in [-0.25, -0.2) is 8.78 Å². The molecule has 0 aliphatic rings. The third-order valence-electron chi connectivity index (χ3n) is 4.86. The van der Waals surface area contributed by atoms with Crippen LogP contribution in [0.5, 0.6) is 0 Å². The summed E-state index contributed by atoms with van der Waals surface area (Å²) in [6.45, 7) is 0.274. The van der Waals surface area contributed by atoms with Gasteiger partial charge in [0.25, 0.3) is 5.91 Å². The quantitative estimate of drug-likeness (QED) is 0.596. The van der Waals surface area contributed by atoms with Gasteiger partial charge in [0.2, 0.25) is 0 Å². The van der Waals surface area contributed by atoms with E-state index in [-0.39, 0.29) is 35.3 Å². The molecule has 0 saturated heterocycles. The van der Waals surface area contributed by atoms with Gasteiger partial charge < -0.3 is 10.2 Å². The minimum Gasteiger partial charge on any atom is -0.350 e. The fourth-order valence-corrected chi connectivity index (χ4v) is 3.20. The van der Waals surface area contributed by atoms with E-state index in [2.05, 4.69) is 5.32 Å². The Morgan fingerprint density at radius 1 is 0.833 bits per heavy atom. The van der Waals surface area contributed by atoms with E-state index < -0.39 is 11.7 Å². The number of nitrogens with one attached hydrogen (secondary N) is 1. The molecular weight excluding hydrogens is 386 g/mol. The average molecular weight is 408 g/mol. The molecule has 1 unspecified atom stereocenters. The van der Waals surface area contributed by atoms with E-state index in [0.717, 1.165) is 5.56 Å². The number of carbonyl (C=O) groups excluding carboxylic acids is 2. The lowest BCUT2D eigenvalue weighted by molar-refractivity contribution is 0.0931. The fraction of sp³-hybridized carbons (Fsp3) is 0.167. The van der Waals surface area contributed by atoms with Crippen molar-refractivity contribution in [3.8, 4) is 0 Å². The van der Waals surface area contributed by atoms with Gasteiger partial charge >= 0.3 is 0 Å². The van der Waals surface area contributed by atoms with E-state index >= 15 is 0 Å². The Hall–Kier alpha value is -3.38. The molecular formula is C24H22F2N2O2. The standard InChI is InChI=1S/C24H22F2N2O2/c1-28(2)22(16-7-11-18(25)12-8-16)15-27-24(30)21-6-4-3-5-20(21)23(29)17-9-13-19(26)14-10-17/h3-14,22H,15H2,1-2H3,(H,27,30). The van der Waals surface area contributed by atoms with Crippen LogP contribution in [-0.4, -0.2) is 37.2 Å². The van der Waals surface area contributed by atoms with Crippen molar-refractivity contribution in [2.24, 2.45) is 0 Å². The maximum atomic E-state index is 13.2. The van der Waals surface area contributed by atoms with Gasteiger partial charge in [-0.3, -0.25) is 9.59 Å². The van der Waals surface area contributed by atoms with Crippen LogP contribution >= 0.6 is 0 Å². The Morgan fingerprint density at radius 3 is 1.93 bits per heavy atom. The van der Waals surface area contributed by atoms with Crippen molar-refractivity contribution in [2.45, 2.75) is 6.04 Å². The van der Waals surface area contributed by atoms with Crippen LogP contribution in [-0.2, 0) is 0 Å². The summed E-state index contributed by atoms with van der Waals surface area (Å²) in [5.41, 5.74) is 1.64. The largest absolute Gasteiger partial charge is 0.350 e. The lowest BCUT2D eigenvalue weighted by Gasteiger charge is -2.25. The Labute approximate surface area is 174 Å². The highest BCUT2D eigenvalue weighted by molar-refractivity contribution is 6.15. The number of amides is 1. The molecule has 0 heterocycles. The zero-order valence-electron chi connectivity index (χ0n) is 16.7. The van der Waals surface area contributed by atoms with Crippen LogP contribution in [0.1, 0.15) is 37.9 Å². The molecule has 0 saturated carbocycles. The monoisotopic (exact) mass is 408 g/mol. The second-order valence-electron chi connectivity index (χ2n) is 7.12. The molecule has 154 valence electrons. The van der Waals surface area contributed by atoms with Crippen molar-refractivity contribution < 1.29 is 18.4 Å². The third kappa shape index (κ3) is 4.96. The summed E-state index contributed by atoms with van der Waals surface area (Å²) in [5, 5.41) is 2.86. The summed E-state index contributed by atoms with van der Waals surface area (Å²) in [7, 11) is 3.73. The lowest BCUT2D eigenvalue weighted by Crippen LogP contribution is -2.35. The van der Waals surface area contributed by atoms with Gasteiger partial charge in [-0.2, -0.15) is 0 Å². The predicted octanol–water partition coefficient (Wildman–Crippen LogP) is 4.23. The summed E-state index contributed by atoms with van der Waals surface area (Å²) in [6.07, 6.45) is 0. The maximum Gasteiger partial charge on any atom is 0.252 e. The van der Waals surface area contributed by atoms with Crippen LogP contribution in [0, 0.1) is 11.6 Å². The Balaban J connectivity index is 1.79. The first-order valence-electron chi connectivity index (χ1n) is 9.46. The minimum absolute atomic E-state index is 0.172. The molecule has 1 amide bonds. The van der Waals surface area contributed by atoms with Crippen LogP contribution in [0.2, 0.25) is 0 Å². The molecule has 1 N–H and O–H groups in total. The Bertz CT molecular complexity index is 1030. The third-order valence-corrected chi connectivity index (χ3v) is 4.86. The van der Waals surface area contributed by atoms with E-state index in [0.29, 0.717) is 5.56 Å². The van der Waals surface area contributed by atoms with Crippen LogP contribution in [0.4, 0.5) is 8.78 Å². The molecule has 0 radical (unpaired) electrons. The number of hydrogen-bond donors (Lipinski definition) is 1. The fourth-order valence-electron chi connectivity index (χ4n) is 3.20. The van der Waals surface area contributed by atoms with E-state index in [4.69, 9.17) is 0 Å². The van der Waals surface area contributed by atoms with Gasteiger partial charge in [0.1, 0.15) is 11.6 Å². The van der Waals surface area contributed by atoms with Crippen molar-refractivity contribution in [2.75, 3.05) is 20.6 Å². The highest BCUT2D eigenvalue weighted by Crippen LogP contribution is 2.19. The van der Waals surface area contributed by atoms with Crippen molar-refractivity contribution in [1.29, 1.82) is 0 Å². The van der Waals surface area contributed by atoms with E-state index in [1.165, 1.54) is 36.4 Å². The highest BCUT2D eigenvalue weighted by Gasteiger charge is 2.20. The second-order valence-corrected chi connectivity index (χ2v) is 7.12. The molecule has 4 nitrogen and oxygen atoms in total. The van der Waals surface area contributed by atoms with Crippen LogP contribution in [0.15, 0.2) is 72.8 Å². The number of nitrogens with zero attached hydrogens (tertiary/aromatic N) is 1. The molecule has 3 aromatic rings. The molecule has 0 aliphatic heterocycles. The summed E-state index contributed by atoms with van der Waals surface area (Å²) >= 11 is 0. The molecule has 3 rings (SSSR count). The molecule has 1 atom stereocenters. The Kier molecular flexibility index (Phi) is 6.69. The molecule has 0 aromatic heterocycles. The van der Waals surface area contributed by atoms with E-state index in [9.17, 15) is 18.4 Å². The molecule has 0 fully saturated rings. The predicted molar refractivity (Wildman–Crippen MR) is 111 cm³/mol. The first-order valence-corrected chi connectivity index (χ1v) is 9.46. The summed E-state index contributed by atoms with van der Waals surface area (Å²) in [6, 6.07) is 17.7. The van der Waals surface area contributed by atoms with Gasteiger partial charge in [0, 0.05) is 17.7 Å². The number of benzene rings is 3. The summed E-state index contributed by atoms with van der Waals surface area (Å²) in [4.78, 5) is 27.6. The minimum atomic E-state index is -0.437. The first kappa shape index (κ1) is 21.3. The lowest BCUT2D eigenvalue weighted by atomic mass is 9.97. The van der Waals surface area contributed by atoms with Gasteiger partial charge in [-0.15, -0.1) is 0 Å². The number of hydrogen-bond acceptors (Lipinski definition) is 3. The van der Waals surface area contributed by atoms with Crippen molar-refractivity contribution in [3.63, 3.8) is 0 Å². The molecule has 3 aromatic carbocycles. The maximum absolute atomic E-state index is 13.2. The Morgan fingerprint density at radius 2 is 1.37 bits per heavy atom. The van der Waals surface area contributed by atoms with Crippen molar-refractivity contribution in [1.82, 2.24) is 10.2 Å². The van der Waals surface area contributed by atoms with Gasteiger partial charge in [0.15, 0.2) is 5.78 Å². The number of likely N-dealkylation sites (N-methyl/N-ethyl adjacent to an activating group) is 1. The van der Waals surface area contributed by atoms with Crippen LogP contribution in [0.3, 0.4) is 0 Å².